The maximum atomic E-state index is 13.1. The van der Waals surface area contributed by atoms with E-state index in [1.807, 2.05) is 60.7 Å². The third kappa shape index (κ3) is 7.91. The van der Waals surface area contributed by atoms with Crippen molar-refractivity contribution in [2.75, 3.05) is 0 Å². The Morgan fingerprint density at radius 2 is 1.39 bits per heavy atom. The minimum atomic E-state index is -2.52. The third-order valence-corrected chi connectivity index (χ3v) is 5.98. The van der Waals surface area contributed by atoms with Gasteiger partial charge < -0.3 is 9.97 Å². The van der Waals surface area contributed by atoms with Gasteiger partial charge in [-0.3, -0.25) is 4.39 Å². The predicted octanol–water partition coefficient (Wildman–Crippen LogP) is 9.11. The van der Waals surface area contributed by atoms with Crippen LogP contribution in [0.15, 0.2) is 128 Å². The van der Waals surface area contributed by atoms with Crippen molar-refractivity contribution in [1.82, 2.24) is 9.97 Å². The van der Waals surface area contributed by atoms with Crippen LogP contribution < -0.4 is 0 Å². The molecule has 0 aliphatic carbocycles. The van der Waals surface area contributed by atoms with Crippen LogP contribution >= 0.6 is 0 Å². The van der Waals surface area contributed by atoms with E-state index in [2.05, 4.69) is 22.1 Å². The van der Waals surface area contributed by atoms with E-state index in [-0.39, 0.29) is 36.8 Å². The third-order valence-electron chi connectivity index (χ3n) is 5.98. The first-order valence-corrected chi connectivity index (χ1v) is 12.5. The average Bonchev–Trinajstić information content (AvgIpc) is 3.09. The summed E-state index contributed by atoms with van der Waals surface area (Å²) >= 11 is 0. The predicted molar refractivity (Wildman–Crippen MR) is 161 cm³/mol. The van der Waals surface area contributed by atoms with Crippen molar-refractivity contribution in [1.29, 1.82) is 0 Å². The Bertz CT molecular complexity index is 1970. The molecule has 0 atom stereocenters. The summed E-state index contributed by atoms with van der Waals surface area (Å²) in [6.07, 6.45) is 0.573. The second-order valence-corrected chi connectivity index (χ2v) is 8.78. The van der Waals surface area contributed by atoms with Crippen LogP contribution in [-0.2, 0) is 26.5 Å². The van der Waals surface area contributed by atoms with E-state index in [0.29, 0.717) is 28.1 Å². The molecule has 0 bridgehead atoms. The average molecular weight is 721 g/mol. The minimum absolute atomic E-state index is 0. The summed E-state index contributed by atoms with van der Waals surface area (Å²) in [7, 11) is 0. The van der Waals surface area contributed by atoms with Crippen molar-refractivity contribution < 1.29 is 35.5 Å². The Labute approximate surface area is 266 Å². The molecule has 6 aromatic rings. The summed E-state index contributed by atoms with van der Waals surface area (Å²) in [5.74, 6) is -0.451. The van der Waals surface area contributed by atoms with Gasteiger partial charge in [0.15, 0.2) is 0 Å². The van der Waals surface area contributed by atoms with Crippen LogP contribution in [0.1, 0.15) is 33.2 Å². The fourth-order valence-electron chi connectivity index (χ4n) is 3.96. The fourth-order valence-corrected chi connectivity index (χ4v) is 3.96. The molecule has 0 amide bonds. The molecule has 0 saturated heterocycles. The molecule has 2 heterocycles. The molecule has 6 rings (SSSR count). The van der Waals surface area contributed by atoms with E-state index in [0.717, 1.165) is 23.4 Å². The second kappa shape index (κ2) is 14.4. The van der Waals surface area contributed by atoms with Crippen LogP contribution in [0.3, 0.4) is 0 Å². The van der Waals surface area contributed by atoms with Gasteiger partial charge in [-0.05, 0) is 64.8 Å². The van der Waals surface area contributed by atoms with Crippen molar-refractivity contribution in [2.24, 2.45) is 0 Å². The Balaban J connectivity index is 0.000000219. The van der Waals surface area contributed by atoms with Gasteiger partial charge in [0.1, 0.15) is 0 Å². The molecule has 2 aromatic heterocycles. The van der Waals surface area contributed by atoms with Gasteiger partial charge in [-0.2, -0.15) is 0 Å². The smallest absolute Gasteiger partial charge is 0.0379 e. The number of pyridine rings is 2. The molecule has 1 radical (unpaired) electrons. The molecule has 0 N–H and O–H groups in total. The molecule has 0 unspecified atom stereocenters. The Hall–Kier alpha value is -4.24. The van der Waals surface area contributed by atoms with Crippen LogP contribution in [0.4, 0.5) is 4.39 Å². The Morgan fingerprint density at radius 3 is 2.05 bits per heavy atom. The summed E-state index contributed by atoms with van der Waals surface area (Å²) < 4.78 is 76.6. The van der Waals surface area contributed by atoms with Crippen molar-refractivity contribution in [3.8, 4) is 33.6 Å². The number of rotatable bonds is 5. The van der Waals surface area contributed by atoms with Crippen molar-refractivity contribution >= 4 is 0 Å². The van der Waals surface area contributed by atoms with Gasteiger partial charge >= 0.3 is 0 Å². The molecule has 0 saturated carbocycles. The summed E-state index contributed by atoms with van der Waals surface area (Å²) in [5, 5.41) is 0. The van der Waals surface area contributed by atoms with Crippen LogP contribution in [-0.4, -0.2) is 9.97 Å². The van der Waals surface area contributed by atoms with Gasteiger partial charge in [0.2, 0.25) is 0 Å². The molecular formula is C37H29FIrN2-2. The summed E-state index contributed by atoms with van der Waals surface area (Å²) in [5.41, 5.74) is 4.34. The zero-order valence-corrected chi connectivity index (χ0v) is 24.1. The largest absolute Gasteiger partial charge is 0.304 e. The summed E-state index contributed by atoms with van der Waals surface area (Å²) in [6, 6.07) is 38.3. The monoisotopic (exact) mass is 721 g/mol. The number of aromatic nitrogens is 2. The molecule has 0 aliphatic rings. The molecule has 41 heavy (non-hydrogen) atoms. The molecule has 0 fully saturated rings. The van der Waals surface area contributed by atoms with Gasteiger partial charge in [-0.15, -0.1) is 65.7 Å². The van der Waals surface area contributed by atoms with Crippen LogP contribution in [0.25, 0.3) is 33.6 Å². The molecule has 4 heteroatoms. The number of nitrogens with zero attached hydrogens (tertiary/aromatic N) is 2. The molecule has 4 aromatic carbocycles. The van der Waals surface area contributed by atoms with Gasteiger partial charge in [0.05, 0.1) is 0 Å². The molecular weight excluding hydrogens is 684 g/mol. The Kier molecular flexibility index (Phi) is 7.24. The molecule has 0 aliphatic heterocycles. The molecule has 205 valence electrons. The first-order chi connectivity index (χ1) is 22.7. The number of halogens is 1. The molecule has 2 nitrogen and oxygen atoms in total. The standard InChI is InChI=1S/C19H15FN.C18H14N.Ir/c1-14-13-21-19(16-7-9-18(20)10-8-16)12-17(14)11-15-5-3-2-4-6-15;1-14-13-19-18(16-10-6-3-7-11-16)12-17(14)15-8-4-2-5-9-15;/h2-7,9-10,12-13H,11H2,1H3;2-10,12-13H,1H3;/q2*-1;/i1D3,11D2;1D3;. The second-order valence-electron chi connectivity index (χ2n) is 8.78. The van der Waals surface area contributed by atoms with E-state index in [1.165, 1.54) is 24.4 Å². The minimum Gasteiger partial charge on any atom is -0.304 e. The maximum Gasteiger partial charge on any atom is 0.0379 e. The Morgan fingerprint density at radius 1 is 0.732 bits per heavy atom. The van der Waals surface area contributed by atoms with Gasteiger partial charge in [-0.25, -0.2) is 0 Å². The number of benzene rings is 4. The normalized spacial score (nSPS) is 14.1. The first kappa shape index (κ1) is 20.6. The topological polar surface area (TPSA) is 25.8 Å². The number of hydrogen-bond acceptors (Lipinski definition) is 2. The van der Waals surface area contributed by atoms with Crippen LogP contribution in [0.2, 0.25) is 0 Å². The van der Waals surface area contributed by atoms with Crippen LogP contribution in [0, 0.1) is 31.7 Å². The summed E-state index contributed by atoms with van der Waals surface area (Å²) in [6.45, 7) is -4.72. The van der Waals surface area contributed by atoms with E-state index in [4.69, 9.17) is 11.0 Å². The van der Waals surface area contributed by atoms with E-state index < -0.39 is 25.9 Å². The van der Waals surface area contributed by atoms with Crippen LogP contribution in [0.5, 0.6) is 0 Å². The number of hydrogen-bond donors (Lipinski definition) is 0. The van der Waals surface area contributed by atoms with E-state index in [1.54, 1.807) is 30.3 Å². The zero-order valence-electron chi connectivity index (χ0n) is 29.7. The quantitative estimate of drug-likeness (QED) is 0.166. The fraction of sp³-hybridized carbons (Fsp3) is 0.0811. The first-order valence-electron chi connectivity index (χ1n) is 16.5. The maximum absolute atomic E-state index is 13.1. The van der Waals surface area contributed by atoms with Gasteiger partial charge in [-0.1, -0.05) is 72.8 Å². The van der Waals surface area contributed by atoms with Gasteiger partial charge in [0.25, 0.3) is 0 Å². The van der Waals surface area contributed by atoms with E-state index in [9.17, 15) is 4.39 Å². The molecule has 0 spiro atoms. The van der Waals surface area contributed by atoms with Gasteiger partial charge in [0, 0.05) is 49.3 Å². The van der Waals surface area contributed by atoms with E-state index >= 15 is 0 Å². The van der Waals surface area contributed by atoms with Crippen molar-refractivity contribution in [3.05, 3.63) is 168 Å². The van der Waals surface area contributed by atoms with Crippen molar-refractivity contribution in [2.45, 2.75) is 20.1 Å². The summed E-state index contributed by atoms with van der Waals surface area (Å²) in [4.78, 5) is 8.44. The SMILES string of the molecule is [2H]C([2H])([2H])c1cnc(-c2[c-]cc(F)cc2)cc1C([2H])([2H])c1ccccc1.[2H]C([2H])([2H])c1cnc(-c2[c-]cccc2)cc1-c1ccccc1.[Ir]. The number of aryl methyl sites for hydroxylation is 2. The zero-order chi connectivity index (χ0) is 34.5. The van der Waals surface area contributed by atoms with Crippen molar-refractivity contribution in [3.63, 3.8) is 0 Å².